The van der Waals surface area contributed by atoms with E-state index >= 15 is 0 Å². The summed E-state index contributed by atoms with van der Waals surface area (Å²) in [6.07, 6.45) is -4.30. The maximum atomic E-state index is 12.4. The Morgan fingerprint density at radius 3 is 2.47 bits per heavy atom. The molecule has 0 aromatic carbocycles. The number of pyridine rings is 1. The Balaban J connectivity index is 3.54. The van der Waals surface area contributed by atoms with Gasteiger partial charge in [0.1, 0.15) is 6.20 Å². The van der Waals surface area contributed by atoms with Crippen molar-refractivity contribution in [2.75, 3.05) is 0 Å². The van der Waals surface area contributed by atoms with E-state index in [0.29, 0.717) is 0 Å². The Morgan fingerprint density at radius 1 is 1.47 bits per heavy atom. The molecule has 5 nitrogen and oxygen atoms in total. The second kappa shape index (κ2) is 3.64. The van der Waals surface area contributed by atoms with Crippen molar-refractivity contribution < 1.29 is 22.9 Å². The van der Waals surface area contributed by atoms with Crippen molar-refractivity contribution in [3.05, 3.63) is 33.5 Å². The van der Waals surface area contributed by atoms with Crippen LogP contribution in [0.4, 0.5) is 19.0 Å². The van der Waals surface area contributed by atoms with Crippen LogP contribution >= 0.6 is 0 Å². The molecular formula is C7H3F3N2O3. The number of carbonyl (C=O) groups excluding carboxylic acids is 1. The molecule has 0 aliphatic carbocycles. The third-order valence-electron chi connectivity index (χ3n) is 1.55. The van der Waals surface area contributed by atoms with E-state index in [1.807, 2.05) is 0 Å². The summed E-state index contributed by atoms with van der Waals surface area (Å²) in [6, 6.07) is 0.767. The number of aldehydes is 1. The summed E-state index contributed by atoms with van der Waals surface area (Å²) in [6.45, 7) is 0. The molecule has 0 spiro atoms. The summed E-state index contributed by atoms with van der Waals surface area (Å²) in [5.41, 5.74) is -2.42. The van der Waals surface area contributed by atoms with Gasteiger partial charge in [0, 0.05) is 5.56 Å². The molecule has 0 saturated heterocycles. The molecule has 1 rings (SSSR count). The molecule has 0 atom stereocenters. The van der Waals surface area contributed by atoms with Crippen molar-refractivity contribution in [2.45, 2.75) is 6.18 Å². The fraction of sp³-hybridized carbons (Fsp3) is 0.143. The first-order valence-corrected chi connectivity index (χ1v) is 3.53. The van der Waals surface area contributed by atoms with Gasteiger partial charge in [0.15, 0.2) is 11.8 Å². The molecule has 1 aromatic rings. The molecule has 0 aliphatic heterocycles. The minimum absolute atomic E-state index is 0.0997. The molecule has 1 heterocycles. The van der Waals surface area contributed by atoms with Gasteiger partial charge < -0.3 is 10.1 Å². The standard InChI is InChI=1S/C7H3F3N2O3/c8-7(9,10)5-4(3-13)1-2-11-6(5)12(14)15/h1-3H. The van der Waals surface area contributed by atoms with E-state index in [1.165, 1.54) is 0 Å². The van der Waals surface area contributed by atoms with Crippen molar-refractivity contribution in [1.82, 2.24) is 4.98 Å². The molecule has 0 amide bonds. The van der Waals surface area contributed by atoms with E-state index in [0.717, 1.165) is 12.3 Å². The first kappa shape index (κ1) is 11.1. The summed E-state index contributed by atoms with van der Waals surface area (Å²) in [4.78, 5) is 22.3. The van der Waals surface area contributed by atoms with E-state index in [-0.39, 0.29) is 6.29 Å². The van der Waals surface area contributed by atoms with E-state index in [4.69, 9.17) is 0 Å². The highest BCUT2D eigenvalue weighted by atomic mass is 19.4. The fourth-order valence-electron chi connectivity index (χ4n) is 0.992. The molecule has 0 fully saturated rings. The average molecular weight is 220 g/mol. The summed E-state index contributed by atoms with van der Waals surface area (Å²) < 4.78 is 37.1. The predicted molar refractivity (Wildman–Crippen MR) is 41.3 cm³/mol. The van der Waals surface area contributed by atoms with Crippen LogP contribution in [-0.2, 0) is 6.18 Å². The fourth-order valence-corrected chi connectivity index (χ4v) is 0.992. The van der Waals surface area contributed by atoms with Gasteiger partial charge in [-0.25, -0.2) is 0 Å². The highest BCUT2D eigenvalue weighted by Gasteiger charge is 2.41. The molecule has 0 unspecified atom stereocenters. The summed E-state index contributed by atoms with van der Waals surface area (Å²) in [5, 5.41) is 10.3. The van der Waals surface area contributed by atoms with Gasteiger partial charge in [0.2, 0.25) is 0 Å². The quantitative estimate of drug-likeness (QED) is 0.433. The van der Waals surface area contributed by atoms with Crippen LogP contribution in [0.25, 0.3) is 0 Å². The molecule has 0 saturated carbocycles. The second-order valence-corrected chi connectivity index (χ2v) is 2.47. The molecule has 15 heavy (non-hydrogen) atoms. The van der Waals surface area contributed by atoms with E-state index in [2.05, 4.69) is 4.98 Å². The number of rotatable bonds is 2. The zero-order valence-corrected chi connectivity index (χ0v) is 6.99. The van der Waals surface area contributed by atoms with Gasteiger partial charge in [-0.05, 0) is 16.0 Å². The zero-order valence-electron chi connectivity index (χ0n) is 6.99. The van der Waals surface area contributed by atoms with Crippen LogP contribution in [0.15, 0.2) is 12.3 Å². The van der Waals surface area contributed by atoms with Crippen molar-refractivity contribution in [2.24, 2.45) is 0 Å². The first-order valence-electron chi connectivity index (χ1n) is 3.53. The third-order valence-corrected chi connectivity index (χ3v) is 1.55. The second-order valence-electron chi connectivity index (χ2n) is 2.47. The number of aromatic nitrogens is 1. The van der Waals surface area contributed by atoms with Gasteiger partial charge in [-0.1, -0.05) is 0 Å². The number of nitro groups is 1. The average Bonchev–Trinajstić information content (AvgIpc) is 2.15. The van der Waals surface area contributed by atoms with E-state index in [9.17, 15) is 28.1 Å². The van der Waals surface area contributed by atoms with Crippen LogP contribution in [0.2, 0.25) is 0 Å². The monoisotopic (exact) mass is 220 g/mol. The Labute approximate surface area is 80.7 Å². The maximum absolute atomic E-state index is 12.4. The molecule has 0 radical (unpaired) electrons. The van der Waals surface area contributed by atoms with Crippen LogP contribution in [0, 0.1) is 10.1 Å². The van der Waals surface area contributed by atoms with Crippen molar-refractivity contribution in [3.8, 4) is 0 Å². The number of hydrogen-bond acceptors (Lipinski definition) is 4. The lowest BCUT2D eigenvalue weighted by Gasteiger charge is -2.07. The van der Waals surface area contributed by atoms with E-state index in [1.54, 1.807) is 0 Å². The van der Waals surface area contributed by atoms with Crippen molar-refractivity contribution in [1.29, 1.82) is 0 Å². The Hall–Kier alpha value is -1.99. The smallest absolute Gasteiger partial charge is 0.358 e. The number of carbonyl (C=O) groups is 1. The van der Waals surface area contributed by atoms with Gasteiger partial charge in [-0.2, -0.15) is 13.2 Å². The minimum Gasteiger partial charge on any atom is -0.358 e. The molecule has 0 N–H and O–H groups in total. The molecule has 0 bridgehead atoms. The van der Waals surface area contributed by atoms with Gasteiger partial charge >= 0.3 is 12.0 Å². The maximum Gasteiger partial charge on any atom is 0.425 e. The lowest BCUT2D eigenvalue weighted by Crippen LogP contribution is -2.13. The normalized spacial score (nSPS) is 11.1. The summed E-state index contributed by atoms with van der Waals surface area (Å²) in [7, 11) is 0. The summed E-state index contributed by atoms with van der Waals surface area (Å²) in [5.74, 6) is -1.37. The van der Waals surface area contributed by atoms with Crippen LogP contribution in [0.3, 0.4) is 0 Å². The van der Waals surface area contributed by atoms with Crippen LogP contribution < -0.4 is 0 Å². The topological polar surface area (TPSA) is 73.1 Å². The van der Waals surface area contributed by atoms with Crippen LogP contribution in [0.5, 0.6) is 0 Å². The van der Waals surface area contributed by atoms with Crippen molar-refractivity contribution >= 4 is 12.1 Å². The van der Waals surface area contributed by atoms with Gasteiger partial charge in [0.05, 0.1) is 0 Å². The third kappa shape index (κ3) is 2.09. The number of nitrogens with zero attached hydrogens (tertiary/aromatic N) is 2. The van der Waals surface area contributed by atoms with Gasteiger partial charge in [-0.3, -0.25) is 4.79 Å². The Morgan fingerprint density at radius 2 is 2.07 bits per heavy atom. The van der Waals surface area contributed by atoms with Crippen LogP contribution in [0.1, 0.15) is 15.9 Å². The van der Waals surface area contributed by atoms with Gasteiger partial charge in [-0.15, -0.1) is 0 Å². The lowest BCUT2D eigenvalue weighted by atomic mass is 10.1. The van der Waals surface area contributed by atoms with E-state index < -0.39 is 28.0 Å². The Kier molecular flexibility index (Phi) is 2.69. The number of halogens is 3. The van der Waals surface area contributed by atoms with Crippen LogP contribution in [-0.4, -0.2) is 16.2 Å². The summed E-state index contributed by atoms with van der Waals surface area (Å²) >= 11 is 0. The number of alkyl halides is 3. The predicted octanol–water partition coefficient (Wildman–Crippen LogP) is 1.82. The lowest BCUT2D eigenvalue weighted by molar-refractivity contribution is -0.392. The number of hydrogen-bond donors (Lipinski definition) is 0. The highest BCUT2D eigenvalue weighted by Crippen LogP contribution is 2.36. The van der Waals surface area contributed by atoms with Gasteiger partial charge in [0.25, 0.3) is 0 Å². The molecule has 8 heteroatoms. The highest BCUT2D eigenvalue weighted by molar-refractivity contribution is 5.79. The molecular weight excluding hydrogens is 217 g/mol. The minimum atomic E-state index is -4.98. The Bertz CT molecular complexity index is 416. The largest absolute Gasteiger partial charge is 0.425 e. The molecule has 1 aromatic heterocycles. The zero-order chi connectivity index (χ0) is 11.6. The first-order chi connectivity index (χ1) is 6.88. The van der Waals surface area contributed by atoms with Crippen molar-refractivity contribution in [3.63, 3.8) is 0 Å². The SMILES string of the molecule is O=Cc1ccnc([N+](=O)[O-])c1C(F)(F)F. The molecule has 0 aliphatic rings. The molecule has 80 valence electrons.